The Morgan fingerprint density at radius 2 is 2.00 bits per heavy atom. The zero-order chi connectivity index (χ0) is 24.3. The number of anilines is 3. The SMILES string of the molecule is CC(C)(C)OC(=O)N1CCC(CNc2nc(Nc3ccc4cn[nH]c4c3)ncc2C(N)=O)CC1. The number of carbonyl (C=O) groups excluding carboxylic acids is 2. The smallest absolute Gasteiger partial charge is 0.410 e. The molecule has 1 fully saturated rings. The Morgan fingerprint density at radius 3 is 2.71 bits per heavy atom. The molecule has 0 bridgehead atoms. The number of nitrogens with zero attached hydrogens (tertiary/aromatic N) is 4. The molecule has 180 valence electrons. The molecule has 0 aliphatic carbocycles. The maximum Gasteiger partial charge on any atom is 0.410 e. The van der Waals surface area contributed by atoms with Crippen molar-refractivity contribution < 1.29 is 14.3 Å². The summed E-state index contributed by atoms with van der Waals surface area (Å²) in [5.41, 5.74) is 6.91. The molecule has 34 heavy (non-hydrogen) atoms. The first-order chi connectivity index (χ1) is 16.2. The number of nitrogens with two attached hydrogens (primary N) is 1. The van der Waals surface area contributed by atoms with Crippen molar-refractivity contribution in [2.75, 3.05) is 30.3 Å². The van der Waals surface area contributed by atoms with Gasteiger partial charge in [0.05, 0.1) is 17.3 Å². The summed E-state index contributed by atoms with van der Waals surface area (Å²) >= 11 is 0. The summed E-state index contributed by atoms with van der Waals surface area (Å²) in [6, 6.07) is 5.73. The van der Waals surface area contributed by atoms with Crippen molar-refractivity contribution in [2.45, 2.75) is 39.2 Å². The van der Waals surface area contributed by atoms with Crippen LogP contribution < -0.4 is 16.4 Å². The molecule has 0 radical (unpaired) electrons. The van der Waals surface area contributed by atoms with Crippen LogP contribution in [0.1, 0.15) is 44.0 Å². The normalized spacial score (nSPS) is 14.7. The minimum Gasteiger partial charge on any atom is -0.444 e. The number of benzene rings is 1. The molecule has 4 rings (SSSR count). The van der Waals surface area contributed by atoms with Gasteiger partial charge in [-0.2, -0.15) is 10.1 Å². The molecule has 0 atom stereocenters. The van der Waals surface area contributed by atoms with Gasteiger partial charge in [0.25, 0.3) is 5.91 Å². The van der Waals surface area contributed by atoms with E-state index in [0.29, 0.717) is 37.3 Å². The predicted molar refractivity (Wildman–Crippen MR) is 129 cm³/mol. The van der Waals surface area contributed by atoms with Crippen LogP contribution >= 0.6 is 0 Å². The number of rotatable bonds is 6. The molecule has 3 heterocycles. The lowest BCUT2D eigenvalue weighted by molar-refractivity contribution is 0.0188. The second kappa shape index (κ2) is 9.54. The van der Waals surface area contributed by atoms with E-state index in [0.717, 1.165) is 29.4 Å². The van der Waals surface area contributed by atoms with Crippen molar-refractivity contribution in [1.29, 1.82) is 0 Å². The van der Waals surface area contributed by atoms with E-state index in [1.807, 2.05) is 39.0 Å². The third kappa shape index (κ3) is 5.72. The molecule has 5 N–H and O–H groups in total. The Kier molecular flexibility index (Phi) is 6.53. The van der Waals surface area contributed by atoms with Gasteiger partial charge in [-0.25, -0.2) is 9.78 Å². The Balaban J connectivity index is 1.38. The Hall–Kier alpha value is -3.89. The van der Waals surface area contributed by atoms with Crippen LogP contribution in [0.2, 0.25) is 0 Å². The van der Waals surface area contributed by atoms with Crippen molar-refractivity contribution in [1.82, 2.24) is 25.1 Å². The van der Waals surface area contributed by atoms with Gasteiger partial charge in [0, 0.05) is 36.9 Å². The number of likely N-dealkylation sites (tertiary alicyclic amines) is 1. The summed E-state index contributed by atoms with van der Waals surface area (Å²) in [5, 5.41) is 14.3. The number of fused-ring (bicyclic) bond motifs is 1. The minimum absolute atomic E-state index is 0.223. The molecule has 0 spiro atoms. The summed E-state index contributed by atoms with van der Waals surface area (Å²) in [7, 11) is 0. The minimum atomic E-state index is -0.604. The number of aromatic nitrogens is 4. The van der Waals surface area contributed by atoms with E-state index >= 15 is 0 Å². The van der Waals surface area contributed by atoms with Gasteiger partial charge >= 0.3 is 6.09 Å². The van der Waals surface area contributed by atoms with Gasteiger partial charge in [-0.3, -0.25) is 9.89 Å². The average Bonchev–Trinajstić information content (AvgIpc) is 3.25. The largest absolute Gasteiger partial charge is 0.444 e. The second-order valence-corrected chi connectivity index (χ2v) is 9.41. The van der Waals surface area contributed by atoms with Crippen LogP contribution in [-0.4, -0.2) is 62.3 Å². The first kappa shape index (κ1) is 23.3. The number of carbonyl (C=O) groups is 2. The highest BCUT2D eigenvalue weighted by atomic mass is 16.6. The number of H-pyrrole nitrogens is 1. The van der Waals surface area contributed by atoms with Crippen LogP contribution in [0.5, 0.6) is 0 Å². The topological polar surface area (TPSA) is 151 Å². The van der Waals surface area contributed by atoms with Gasteiger partial charge in [0.1, 0.15) is 11.4 Å². The fourth-order valence-electron chi connectivity index (χ4n) is 3.79. The molecule has 2 amide bonds. The van der Waals surface area contributed by atoms with Crippen molar-refractivity contribution in [3.05, 3.63) is 36.2 Å². The number of nitrogens with one attached hydrogen (secondary N) is 3. The van der Waals surface area contributed by atoms with Gasteiger partial charge in [-0.1, -0.05) is 0 Å². The van der Waals surface area contributed by atoms with E-state index < -0.39 is 11.5 Å². The van der Waals surface area contributed by atoms with Crippen LogP contribution in [0.15, 0.2) is 30.6 Å². The average molecular weight is 467 g/mol. The number of aromatic amines is 1. The van der Waals surface area contributed by atoms with Crippen LogP contribution in [0.3, 0.4) is 0 Å². The lowest BCUT2D eigenvalue weighted by atomic mass is 9.97. The van der Waals surface area contributed by atoms with Gasteiger partial charge in [0.2, 0.25) is 5.95 Å². The fourth-order valence-corrected chi connectivity index (χ4v) is 3.79. The summed E-state index contributed by atoms with van der Waals surface area (Å²) < 4.78 is 5.46. The fraction of sp³-hybridized carbons (Fsp3) is 0.435. The number of hydrogen-bond acceptors (Lipinski definition) is 8. The number of ether oxygens (including phenoxy) is 1. The first-order valence-corrected chi connectivity index (χ1v) is 11.3. The van der Waals surface area contributed by atoms with Gasteiger partial charge in [-0.15, -0.1) is 0 Å². The van der Waals surface area contributed by atoms with E-state index in [-0.39, 0.29) is 11.7 Å². The molecular formula is C23H30N8O3. The van der Waals surface area contributed by atoms with Crippen LogP contribution in [0, 0.1) is 5.92 Å². The molecule has 0 saturated carbocycles. The zero-order valence-corrected chi connectivity index (χ0v) is 19.6. The molecule has 1 aromatic carbocycles. The van der Waals surface area contributed by atoms with E-state index in [9.17, 15) is 9.59 Å². The molecular weight excluding hydrogens is 436 g/mol. The maximum atomic E-state index is 12.3. The van der Waals surface area contributed by atoms with E-state index in [4.69, 9.17) is 10.5 Å². The highest BCUT2D eigenvalue weighted by Gasteiger charge is 2.27. The van der Waals surface area contributed by atoms with Crippen LogP contribution in [0.4, 0.5) is 22.2 Å². The van der Waals surface area contributed by atoms with Crippen LogP contribution in [-0.2, 0) is 4.74 Å². The highest BCUT2D eigenvalue weighted by molar-refractivity contribution is 5.97. The summed E-state index contributed by atoms with van der Waals surface area (Å²) in [6.45, 7) is 7.42. The Labute approximate surface area is 197 Å². The summed E-state index contributed by atoms with van der Waals surface area (Å²) in [4.78, 5) is 34.6. The second-order valence-electron chi connectivity index (χ2n) is 9.41. The van der Waals surface area contributed by atoms with E-state index in [1.54, 1.807) is 11.1 Å². The quantitative estimate of drug-likeness (QED) is 0.432. The van der Waals surface area contributed by atoms with E-state index in [2.05, 4.69) is 30.8 Å². The van der Waals surface area contributed by atoms with Gasteiger partial charge in [-0.05, 0) is 57.7 Å². The maximum absolute atomic E-state index is 12.3. The van der Waals surface area contributed by atoms with Crippen molar-refractivity contribution in [3.63, 3.8) is 0 Å². The molecule has 3 aromatic rings. The number of hydrogen-bond donors (Lipinski definition) is 4. The standard InChI is InChI=1S/C23H30N8O3/c1-23(2,3)34-22(33)31-8-6-14(7-9-31)11-25-20-17(19(24)32)13-26-21(29-20)28-16-5-4-15-12-27-30-18(15)10-16/h4-5,10,12-14H,6-9,11H2,1-3H3,(H2,24,32)(H,27,30)(H2,25,26,28,29). The first-order valence-electron chi connectivity index (χ1n) is 11.3. The third-order valence-electron chi connectivity index (χ3n) is 5.58. The van der Waals surface area contributed by atoms with Crippen molar-refractivity contribution >= 4 is 40.4 Å². The number of piperidine rings is 1. The molecule has 2 aromatic heterocycles. The van der Waals surface area contributed by atoms with Gasteiger partial charge in [0.15, 0.2) is 0 Å². The van der Waals surface area contributed by atoms with Crippen molar-refractivity contribution in [3.8, 4) is 0 Å². The van der Waals surface area contributed by atoms with Crippen molar-refractivity contribution in [2.24, 2.45) is 11.7 Å². The molecule has 1 aliphatic rings. The molecule has 11 nitrogen and oxygen atoms in total. The molecule has 0 unspecified atom stereocenters. The van der Waals surface area contributed by atoms with Gasteiger partial charge < -0.3 is 26.0 Å². The number of amides is 2. The monoisotopic (exact) mass is 466 g/mol. The highest BCUT2D eigenvalue weighted by Crippen LogP contribution is 2.23. The van der Waals surface area contributed by atoms with E-state index in [1.165, 1.54) is 6.20 Å². The molecule has 1 saturated heterocycles. The van der Waals surface area contributed by atoms with Crippen LogP contribution in [0.25, 0.3) is 10.9 Å². The third-order valence-corrected chi connectivity index (χ3v) is 5.58. The summed E-state index contributed by atoms with van der Waals surface area (Å²) in [5.74, 6) is 0.426. The lowest BCUT2D eigenvalue weighted by Crippen LogP contribution is -2.42. The molecule has 1 aliphatic heterocycles. The lowest BCUT2D eigenvalue weighted by Gasteiger charge is -2.33. The summed E-state index contributed by atoms with van der Waals surface area (Å²) in [6.07, 6.45) is 4.52. The predicted octanol–water partition coefficient (Wildman–Crippen LogP) is 3.25. The Morgan fingerprint density at radius 1 is 1.24 bits per heavy atom. The molecule has 11 heteroatoms. The number of primary amides is 1. The zero-order valence-electron chi connectivity index (χ0n) is 19.6. The Bertz CT molecular complexity index is 1180.